The zero-order valence-corrected chi connectivity index (χ0v) is 11.4. The minimum absolute atomic E-state index is 0.00136. The molecular weight excluding hydrogens is 273 g/mol. The Morgan fingerprint density at radius 1 is 1.42 bits per heavy atom. The number of nitrogens with one attached hydrogen (secondary N) is 1. The van der Waals surface area contributed by atoms with Crippen LogP contribution >= 0.6 is 11.6 Å². The van der Waals surface area contributed by atoms with Crippen molar-refractivity contribution < 1.29 is 19.1 Å². The van der Waals surface area contributed by atoms with Crippen molar-refractivity contribution in [3.05, 3.63) is 29.0 Å². The summed E-state index contributed by atoms with van der Waals surface area (Å²) in [6.07, 6.45) is 0.171. The number of aliphatic carboxylic acids is 1. The number of halogens is 2. The number of hydrogen-bond acceptors (Lipinski definition) is 2. The lowest BCUT2D eigenvalue weighted by atomic mass is 9.88. The van der Waals surface area contributed by atoms with Crippen molar-refractivity contribution in [1.82, 2.24) is 0 Å². The van der Waals surface area contributed by atoms with Crippen molar-refractivity contribution in [2.75, 3.05) is 5.32 Å². The summed E-state index contributed by atoms with van der Waals surface area (Å²) in [5, 5.41) is 11.5. The Balaban J connectivity index is 2.59. The number of carbonyl (C=O) groups is 2. The number of amides is 1. The van der Waals surface area contributed by atoms with E-state index in [1.165, 1.54) is 26.0 Å². The van der Waals surface area contributed by atoms with Crippen molar-refractivity contribution in [3.8, 4) is 0 Å². The molecule has 0 aromatic heterocycles. The Hall–Kier alpha value is -1.62. The maximum Gasteiger partial charge on any atom is 0.309 e. The van der Waals surface area contributed by atoms with Crippen molar-refractivity contribution in [2.24, 2.45) is 5.41 Å². The van der Waals surface area contributed by atoms with Crippen LogP contribution in [0.5, 0.6) is 0 Å². The van der Waals surface area contributed by atoms with Crippen LogP contribution in [0.3, 0.4) is 0 Å². The summed E-state index contributed by atoms with van der Waals surface area (Å²) < 4.78 is 13.4. The van der Waals surface area contributed by atoms with Gasteiger partial charge in [-0.25, -0.2) is 4.39 Å². The summed E-state index contributed by atoms with van der Waals surface area (Å²) in [7, 11) is 0. The minimum atomic E-state index is -0.990. The molecule has 0 fully saturated rings. The van der Waals surface area contributed by atoms with Crippen LogP contribution in [0.25, 0.3) is 0 Å². The standard InChI is InChI=1S/C13H15ClFNO3/c1-13(2,12(18)19)6-5-11(17)16-10-4-3-8(14)7-9(10)15/h3-4,7H,5-6H2,1-2H3,(H,16,17)(H,18,19). The van der Waals surface area contributed by atoms with E-state index in [9.17, 15) is 14.0 Å². The molecule has 0 unspecified atom stereocenters. The van der Waals surface area contributed by atoms with Gasteiger partial charge in [0.2, 0.25) is 5.91 Å². The molecule has 19 heavy (non-hydrogen) atoms. The van der Waals surface area contributed by atoms with Gasteiger partial charge in [0.25, 0.3) is 0 Å². The first kappa shape index (κ1) is 15.4. The van der Waals surface area contributed by atoms with E-state index in [2.05, 4.69) is 5.32 Å². The molecule has 1 amide bonds. The molecule has 0 radical (unpaired) electrons. The molecule has 4 nitrogen and oxygen atoms in total. The highest BCUT2D eigenvalue weighted by molar-refractivity contribution is 6.30. The van der Waals surface area contributed by atoms with Gasteiger partial charge < -0.3 is 10.4 Å². The predicted octanol–water partition coefficient (Wildman–Crippen LogP) is 3.31. The molecule has 1 aromatic rings. The van der Waals surface area contributed by atoms with Gasteiger partial charge >= 0.3 is 5.97 Å². The fraction of sp³-hybridized carbons (Fsp3) is 0.385. The van der Waals surface area contributed by atoms with E-state index in [1.807, 2.05) is 0 Å². The second-order valence-electron chi connectivity index (χ2n) is 4.86. The number of carboxylic acids is 1. The second-order valence-corrected chi connectivity index (χ2v) is 5.30. The molecule has 0 bridgehead atoms. The summed E-state index contributed by atoms with van der Waals surface area (Å²) in [6, 6.07) is 3.91. The average Bonchev–Trinajstić information content (AvgIpc) is 2.30. The molecule has 0 saturated heterocycles. The Morgan fingerprint density at radius 2 is 2.05 bits per heavy atom. The first-order chi connectivity index (χ1) is 8.72. The number of carbonyl (C=O) groups excluding carboxylic acids is 1. The molecule has 0 aliphatic rings. The van der Waals surface area contributed by atoms with E-state index in [0.29, 0.717) is 0 Å². The SMILES string of the molecule is CC(C)(CCC(=O)Nc1ccc(Cl)cc1F)C(=O)O. The molecule has 1 aromatic carbocycles. The quantitative estimate of drug-likeness (QED) is 0.873. The number of benzene rings is 1. The van der Waals surface area contributed by atoms with Crippen LogP contribution in [0.15, 0.2) is 18.2 Å². The van der Waals surface area contributed by atoms with Gasteiger partial charge in [0.15, 0.2) is 0 Å². The van der Waals surface area contributed by atoms with E-state index < -0.39 is 23.1 Å². The lowest BCUT2D eigenvalue weighted by Crippen LogP contribution is -2.25. The molecule has 6 heteroatoms. The van der Waals surface area contributed by atoms with Crippen LogP contribution in [0.1, 0.15) is 26.7 Å². The topological polar surface area (TPSA) is 66.4 Å². The zero-order valence-electron chi connectivity index (χ0n) is 10.7. The van der Waals surface area contributed by atoms with Gasteiger partial charge in [-0.05, 0) is 38.5 Å². The van der Waals surface area contributed by atoms with E-state index in [-0.39, 0.29) is 23.6 Å². The summed E-state index contributed by atoms with van der Waals surface area (Å²) >= 11 is 5.59. The van der Waals surface area contributed by atoms with Crippen molar-refractivity contribution in [2.45, 2.75) is 26.7 Å². The smallest absolute Gasteiger partial charge is 0.309 e. The molecule has 2 N–H and O–H groups in total. The number of hydrogen-bond donors (Lipinski definition) is 2. The van der Waals surface area contributed by atoms with Gasteiger partial charge in [0, 0.05) is 11.4 Å². The maximum atomic E-state index is 13.4. The molecule has 0 heterocycles. The highest BCUT2D eigenvalue weighted by Crippen LogP contribution is 2.23. The third-order valence-electron chi connectivity index (χ3n) is 2.76. The van der Waals surface area contributed by atoms with Crippen LogP contribution < -0.4 is 5.32 Å². The van der Waals surface area contributed by atoms with E-state index in [4.69, 9.17) is 16.7 Å². The highest BCUT2D eigenvalue weighted by atomic mass is 35.5. The van der Waals surface area contributed by atoms with Gasteiger partial charge in [0.05, 0.1) is 11.1 Å². The van der Waals surface area contributed by atoms with Crippen LogP contribution in [-0.2, 0) is 9.59 Å². The minimum Gasteiger partial charge on any atom is -0.481 e. The summed E-state index contributed by atoms with van der Waals surface area (Å²) in [5.74, 6) is -2.04. The third-order valence-corrected chi connectivity index (χ3v) is 3.00. The van der Waals surface area contributed by atoms with E-state index in [0.717, 1.165) is 6.07 Å². The lowest BCUT2D eigenvalue weighted by molar-refractivity contribution is -0.147. The fourth-order valence-electron chi connectivity index (χ4n) is 1.34. The molecule has 0 aliphatic carbocycles. The van der Waals surface area contributed by atoms with Gasteiger partial charge in [0.1, 0.15) is 5.82 Å². The molecule has 0 atom stereocenters. The summed E-state index contributed by atoms with van der Waals surface area (Å²) in [6.45, 7) is 3.07. The van der Waals surface area contributed by atoms with Crippen LogP contribution in [0.2, 0.25) is 5.02 Å². The Kier molecular flexibility index (Phi) is 4.89. The average molecular weight is 288 g/mol. The normalized spacial score (nSPS) is 11.2. The van der Waals surface area contributed by atoms with Crippen molar-refractivity contribution in [3.63, 3.8) is 0 Å². The van der Waals surface area contributed by atoms with Crippen LogP contribution in [0, 0.1) is 11.2 Å². The Bertz CT molecular complexity index is 503. The van der Waals surface area contributed by atoms with Gasteiger partial charge in [-0.15, -0.1) is 0 Å². The largest absolute Gasteiger partial charge is 0.481 e. The number of carboxylic acid groups (broad SMARTS) is 1. The maximum absolute atomic E-state index is 13.4. The molecular formula is C13H15ClFNO3. The van der Waals surface area contributed by atoms with Crippen LogP contribution in [0.4, 0.5) is 10.1 Å². The zero-order chi connectivity index (χ0) is 14.6. The molecule has 0 saturated carbocycles. The summed E-state index contributed by atoms with van der Waals surface area (Å²) in [5.41, 5.74) is -0.960. The van der Waals surface area contributed by atoms with Crippen molar-refractivity contribution in [1.29, 1.82) is 0 Å². The first-order valence-corrected chi connectivity index (χ1v) is 6.08. The van der Waals surface area contributed by atoms with Gasteiger partial charge in [-0.1, -0.05) is 11.6 Å². The third kappa shape index (κ3) is 4.52. The number of rotatable bonds is 5. The molecule has 1 rings (SSSR count). The summed E-state index contributed by atoms with van der Waals surface area (Å²) in [4.78, 5) is 22.5. The Labute approximate surface area is 115 Å². The molecule has 0 aliphatic heterocycles. The Morgan fingerprint density at radius 3 is 2.58 bits per heavy atom. The monoisotopic (exact) mass is 287 g/mol. The molecule has 104 valence electrons. The predicted molar refractivity (Wildman–Crippen MR) is 70.7 cm³/mol. The lowest BCUT2D eigenvalue weighted by Gasteiger charge is -2.18. The van der Waals surface area contributed by atoms with E-state index >= 15 is 0 Å². The number of anilines is 1. The first-order valence-electron chi connectivity index (χ1n) is 5.70. The van der Waals surface area contributed by atoms with Gasteiger partial charge in [-0.2, -0.15) is 0 Å². The fourth-order valence-corrected chi connectivity index (χ4v) is 1.50. The van der Waals surface area contributed by atoms with Gasteiger partial charge in [-0.3, -0.25) is 9.59 Å². The van der Waals surface area contributed by atoms with Crippen molar-refractivity contribution >= 4 is 29.2 Å². The highest BCUT2D eigenvalue weighted by Gasteiger charge is 2.27. The second kappa shape index (κ2) is 6.02. The van der Waals surface area contributed by atoms with Crippen LogP contribution in [-0.4, -0.2) is 17.0 Å². The van der Waals surface area contributed by atoms with E-state index in [1.54, 1.807) is 0 Å². The molecule has 0 spiro atoms.